The van der Waals surface area contributed by atoms with Crippen molar-refractivity contribution >= 4 is 18.2 Å². The van der Waals surface area contributed by atoms with Crippen LogP contribution in [0.5, 0.6) is 0 Å². The molecule has 0 radical (unpaired) electrons. The normalized spacial score (nSPS) is 11.5. The van der Waals surface area contributed by atoms with E-state index in [1.165, 1.54) is 11.9 Å². The maximum Gasteiger partial charge on any atom is 0.238 e. The van der Waals surface area contributed by atoms with E-state index >= 15 is 0 Å². The summed E-state index contributed by atoms with van der Waals surface area (Å²) < 4.78 is 14.3. The third kappa shape index (κ3) is 6.33. The van der Waals surface area contributed by atoms with Gasteiger partial charge in [-0.05, 0) is 17.5 Å². The molecule has 0 spiro atoms. The zero-order chi connectivity index (χ0) is 19.6. The number of carbonyl (C=O) groups is 3. The van der Waals surface area contributed by atoms with Crippen LogP contribution in [0.25, 0.3) is 0 Å². The molecule has 0 N–H and O–H groups in total. The zero-order valence-electron chi connectivity index (χ0n) is 15.3. The Morgan fingerprint density at radius 1 is 1.00 bits per heavy atom. The van der Waals surface area contributed by atoms with Gasteiger partial charge in [-0.25, -0.2) is 4.39 Å². The molecule has 0 aliphatic carbocycles. The van der Waals surface area contributed by atoms with Gasteiger partial charge in [0.25, 0.3) is 0 Å². The van der Waals surface area contributed by atoms with Gasteiger partial charge in [-0.2, -0.15) is 0 Å². The number of likely N-dealkylation sites (N-methyl/N-ethyl adjacent to an activating group) is 1. The monoisotopic (exact) mass is 370 g/mol. The third-order valence-corrected chi connectivity index (χ3v) is 4.26. The van der Waals surface area contributed by atoms with Crippen LogP contribution in [0.2, 0.25) is 0 Å². The average molecular weight is 370 g/mol. The maximum atomic E-state index is 14.3. The molecule has 2 aromatic carbocycles. The highest BCUT2D eigenvalue weighted by molar-refractivity contribution is 6.00. The molecule has 0 bridgehead atoms. The number of carbonyl (C=O) groups excluding carboxylic acids is 3. The molecule has 1 unspecified atom stereocenters. The molecule has 5 nitrogen and oxygen atoms in total. The van der Waals surface area contributed by atoms with E-state index in [1.54, 1.807) is 30.3 Å². The van der Waals surface area contributed by atoms with E-state index in [9.17, 15) is 18.8 Å². The highest BCUT2D eigenvalue weighted by Crippen LogP contribution is 2.18. The minimum absolute atomic E-state index is 0.152. The van der Waals surface area contributed by atoms with Crippen molar-refractivity contribution in [2.24, 2.45) is 0 Å². The number of amides is 3. The van der Waals surface area contributed by atoms with Crippen molar-refractivity contribution in [3.8, 4) is 0 Å². The number of alkyl halides is 1. The molecule has 0 saturated carbocycles. The molecule has 27 heavy (non-hydrogen) atoms. The van der Waals surface area contributed by atoms with Crippen LogP contribution < -0.4 is 0 Å². The molecular weight excluding hydrogens is 347 g/mol. The lowest BCUT2D eigenvalue weighted by Crippen LogP contribution is -2.37. The van der Waals surface area contributed by atoms with Crippen molar-refractivity contribution in [3.63, 3.8) is 0 Å². The van der Waals surface area contributed by atoms with Gasteiger partial charge in [0, 0.05) is 13.6 Å². The Kier molecular flexibility index (Phi) is 7.67. The van der Waals surface area contributed by atoms with E-state index in [1.807, 2.05) is 30.3 Å². The highest BCUT2D eigenvalue weighted by Gasteiger charge is 2.21. The predicted molar refractivity (Wildman–Crippen MR) is 100 cm³/mol. The van der Waals surface area contributed by atoms with E-state index in [-0.39, 0.29) is 13.1 Å². The number of hydrogen-bond acceptors (Lipinski definition) is 3. The molecule has 1 atom stereocenters. The molecule has 6 heteroatoms. The summed E-state index contributed by atoms with van der Waals surface area (Å²) in [7, 11) is 1.44. The Bertz CT molecular complexity index is 753. The fourth-order valence-corrected chi connectivity index (χ4v) is 2.61. The summed E-state index contributed by atoms with van der Waals surface area (Å²) in [5, 5.41) is 0. The summed E-state index contributed by atoms with van der Waals surface area (Å²) in [6.07, 6.45) is -0.863. The summed E-state index contributed by atoms with van der Waals surface area (Å²) in [5.74, 6) is -1.11. The van der Waals surface area contributed by atoms with Gasteiger partial charge < -0.3 is 4.90 Å². The lowest BCUT2D eigenvalue weighted by atomic mass is 10.1. The van der Waals surface area contributed by atoms with Gasteiger partial charge in [-0.15, -0.1) is 0 Å². The average Bonchev–Trinajstić information content (AvgIpc) is 2.69. The Balaban J connectivity index is 1.85. The number of imide groups is 1. The molecule has 0 aromatic heterocycles. The molecular formula is C21H23FN2O3. The zero-order valence-corrected chi connectivity index (χ0v) is 15.3. The smallest absolute Gasteiger partial charge is 0.238 e. The summed E-state index contributed by atoms with van der Waals surface area (Å²) >= 11 is 0. The Hall–Kier alpha value is -3.02. The Labute approximate surface area is 158 Å². The van der Waals surface area contributed by atoms with Gasteiger partial charge >= 0.3 is 0 Å². The quantitative estimate of drug-likeness (QED) is 0.504. The van der Waals surface area contributed by atoms with Crippen LogP contribution in [0, 0.1) is 0 Å². The second-order valence-electron chi connectivity index (χ2n) is 6.26. The summed E-state index contributed by atoms with van der Waals surface area (Å²) in [6.45, 7) is 0.0420. The Morgan fingerprint density at radius 3 is 2.19 bits per heavy atom. The van der Waals surface area contributed by atoms with Crippen LogP contribution in [-0.2, 0) is 20.8 Å². The fraction of sp³-hybridized carbons (Fsp3) is 0.286. The van der Waals surface area contributed by atoms with E-state index in [0.717, 1.165) is 10.5 Å². The number of nitrogens with zero attached hydrogens (tertiary/aromatic N) is 2. The summed E-state index contributed by atoms with van der Waals surface area (Å²) in [4.78, 5) is 37.8. The second kappa shape index (κ2) is 10.2. The van der Waals surface area contributed by atoms with Crippen LogP contribution in [0.4, 0.5) is 4.39 Å². The highest BCUT2D eigenvalue weighted by atomic mass is 19.1. The van der Waals surface area contributed by atoms with Gasteiger partial charge in [0.15, 0.2) is 0 Å². The molecule has 142 valence electrons. The number of hydrogen-bond donors (Lipinski definition) is 0. The fourth-order valence-electron chi connectivity index (χ4n) is 2.61. The Morgan fingerprint density at radius 2 is 1.59 bits per heavy atom. The molecule has 2 rings (SSSR count). The third-order valence-electron chi connectivity index (χ3n) is 4.26. The van der Waals surface area contributed by atoms with E-state index in [0.29, 0.717) is 18.4 Å². The van der Waals surface area contributed by atoms with Crippen LogP contribution in [0.3, 0.4) is 0 Å². The van der Waals surface area contributed by atoms with Crippen molar-refractivity contribution in [2.75, 3.05) is 20.1 Å². The molecule has 0 fully saturated rings. The molecule has 0 heterocycles. The van der Waals surface area contributed by atoms with Gasteiger partial charge in [-0.3, -0.25) is 19.3 Å². The second-order valence-corrected chi connectivity index (χ2v) is 6.26. The minimum Gasteiger partial charge on any atom is -0.342 e. The van der Waals surface area contributed by atoms with Gasteiger partial charge in [0.2, 0.25) is 18.2 Å². The predicted octanol–water partition coefficient (Wildman–Crippen LogP) is 2.77. The van der Waals surface area contributed by atoms with Crippen molar-refractivity contribution in [1.29, 1.82) is 0 Å². The van der Waals surface area contributed by atoms with Crippen LogP contribution in [0.15, 0.2) is 60.7 Å². The minimum atomic E-state index is -1.34. The topological polar surface area (TPSA) is 57.7 Å². The van der Waals surface area contributed by atoms with Crippen molar-refractivity contribution in [2.45, 2.75) is 19.0 Å². The standard InChI is InChI=1S/C21H23FN2O3/c1-23(15-19(22)18-10-6-3-7-11-18)20(26)14-21(27)24(16-25)13-12-17-8-4-2-5-9-17/h2-11,16,19H,12-15H2,1H3. The van der Waals surface area contributed by atoms with Crippen LogP contribution >= 0.6 is 0 Å². The first kappa shape index (κ1) is 20.3. The van der Waals surface area contributed by atoms with Crippen LogP contribution in [0.1, 0.15) is 23.7 Å². The molecule has 0 saturated heterocycles. The first-order chi connectivity index (χ1) is 13.0. The van der Waals surface area contributed by atoms with Crippen LogP contribution in [-0.4, -0.2) is 48.2 Å². The lowest BCUT2D eigenvalue weighted by molar-refractivity contribution is -0.143. The largest absolute Gasteiger partial charge is 0.342 e. The van der Waals surface area contributed by atoms with Gasteiger partial charge in [0.05, 0.1) is 6.54 Å². The van der Waals surface area contributed by atoms with E-state index in [2.05, 4.69) is 0 Å². The molecule has 0 aliphatic rings. The van der Waals surface area contributed by atoms with Gasteiger partial charge in [-0.1, -0.05) is 60.7 Å². The molecule has 0 aliphatic heterocycles. The first-order valence-electron chi connectivity index (χ1n) is 8.73. The number of benzene rings is 2. The van der Waals surface area contributed by atoms with E-state index in [4.69, 9.17) is 0 Å². The van der Waals surface area contributed by atoms with Gasteiger partial charge in [0.1, 0.15) is 12.6 Å². The van der Waals surface area contributed by atoms with Crippen molar-refractivity contribution in [1.82, 2.24) is 9.80 Å². The number of rotatable bonds is 9. The lowest BCUT2D eigenvalue weighted by Gasteiger charge is -2.21. The molecule has 2 aromatic rings. The SMILES string of the molecule is CN(CC(F)c1ccccc1)C(=O)CC(=O)N(C=O)CCc1ccccc1. The maximum absolute atomic E-state index is 14.3. The van der Waals surface area contributed by atoms with Crippen molar-refractivity contribution < 1.29 is 18.8 Å². The summed E-state index contributed by atoms with van der Waals surface area (Å²) in [5.41, 5.74) is 1.46. The number of halogens is 1. The molecule has 3 amide bonds. The van der Waals surface area contributed by atoms with Crippen molar-refractivity contribution in [3.05, 3.63) is 71.8 Å². The van der Waals surface area contributed by atoms with E-state index < -0.39 is 24.4 Å². The first-order valence-corrected chi connectivity index (χ1v) is 8.73. The summed E-state index contributed by atoms with van der Waals surface area (Å²) in [6, 6.07) is 18.0.